The van der Waals surface area contributed by atoms with Gasteiger partial charge in [-0.05, 0) is 6.92 Å². The van der Waals surface area contributed by atoms with Gasteiger partial charge in [-0.3, -0.25) is 9.59 Å². The highest BCUT2D eigenvalue weighted by Crippen LogP contribution is 2.11. The van der Waals surface area contributed by atoms with Crippen molar-refractivity contribution in [3.8, 4) is 0 Å². The van der Waals surface area contributed by atoms with Crippen LogP contribution in [0.5, 0.6) is 0 Å². The average molecular weight is 202 g/mol. The third-order valence-electron chi connectivity index (χ3n) is 1.11. The molecule has 5 heteroatoms. The molecule has 0 amide bonds. The van der Waals surface area contributed by atoms with Gasteiger partial charge in [0, 0.05) is 0 Å². The number of esters is 1. The molecule has 0 bridgehead atoms. The number of carbonyl (C=O) groups excluding carboxylic acids is 1. The van der Waals surface area contributed by atoms with E-state index in [0.29, 0.717) is 6.61 Å². The molecule has 0 aromatic carbocycles. The predicted octanol–water partition coefficient (Wildman–Crippen LogP) is 0.943. The number of ether oxygens (including phenoxy) is 2. The maximum absolute atomic E-state index is 10.6. The average Bonchev–Trinajstić information content (AvgIpc) is 2.86. The van der Waals surface area contributed by atoms with E-state index in [9.17, 15) is 9.59 Å². The number of carbonyl (C=O) groups is 2. The van der Waals surface area contributed by atoms with E-state index in [0.717, 1.165) is 0 Å². The van der Waals surface area contributed by atoms with Gasteiger partial charge in [-0.1, -0.05) is 6.08 Å². The molecule has 1 atom stereocenters. The summed E-state index contributed by atoms with van der Waals surface area (Å²) in [5, 5.41) is 8.17. The quantitative estimate of drug-likeness (QED) is 0.417. The Morgan fingerprint density at radius 1 is 1.64 bits per heavy atom. The third-order valence-corrected chi connectivity index (χ3v) is 1.11. The number of aliphatic carboxylic acids is 1. The Morgan fingerprint density at radius 3 is 2.50 bits per heavy atom. The number of hydrogen-bond donors (Lipinski definition) is 1. The number of carboxylic acid groups (broad SMARTS) is 1. The Balaban J connectivity index is 0.000000500. The molecule has 0 aliphatic carbocycles. The van der Waals surface area contributed by atoms with E-state index in [1.807, 2.05) is 6.92 Å². The highest BCUT2D eigenvalue weighted by Gasteiger charge is 2.26. The minimum absolute atomic E-state index is 0.0881. The van der Waals surface area contributed by atoms with E-state index in [-0.39, 0.29) is 12.8 Å². The van der Waals surface area contributed by atoms with Gasteiger partial charge in [0.05, 0.1) is 12.8 Å². The summed E-state index contributed by atoms with van der Waals surface area (Å²) in [5.74, 6) is -1.52. The lowest BCUT2D eigenvalue weighted by atomic mass is 10.3. The van der Waals surface area contributed by atoms with Crippen LogP contribution in [-0.2, 0) is 19.1 Å². The molecule has 1 heterocycles. The summed E-state index contributed by atoms with van der Waals surface area (Å²) in [4.78, 5) is 20.6. The van der Waals surface area contributed by atoms with Crippen LogP contribution in [0.3, 0.4) is 0 Å². The largest absolute Gasteiger partial charge is 0.481 e. The van der Waals surface area contributed by atoms with Crippen LogP contribution in [0.4, 0.5) is 0 Å². The van der Waals surface area contributed by atoms with Crippen LogP contribution in [0.25, 0.3) is 0 Å². The molecular formula is C9H14O5. The van der Waals surface area contributed by atoms with Crippen molar-refractivity contribution in [2.75, 3.05) is 6.61 Å². The van der Waals surface area contributed by atoms with Crippen molar-refractivity contribution in [2.24, 2.45) is 0 Å². The van der Waals surface area contributed by atoms with Gasteiger partial charge in [-0.2, -0.15) is 0 Å². The molecule has 80 valence electrons. The number of hydrogen-bond acceptors (Lipinski definition) is 4. The Morgan fingerprint density at radius 2 is 2.14 bits per heavy atom. The lowest BCUT2D eigenvalue weighted by Crippen LogP contribution is -2.09. The zero-order valence-electron chi connectivity index (χ0n) is 8.06. The summed E-state index contributed by atoms with van der Waals surface area (Å²) in [6.45, 7) is 5.68. The van der Waals surface area contributed by atoms with Crippen molar-refractivity contribution in [1.82, 2.24) is 0 Å². The van der Waals surface area contributed by atoms with Crippen molar-refractivity contribution in [1.29, 1.82) is 0 Å². The van der Waals surface area contributed by atoms with Gasteiger partial charge in [0.15, 0.2) is 0 Å². The fourth-order valence-corrected chi connectivity index (χ4v) is 0.522. The molecule has 14 heavy (non-hydrogen) atoms. The minimum Gasteiger partial charge on any atom is -0.481 e. The first-order valence-corrected chi connectivity index (χ1v) is 4.20. The molecular weight excluding hydrogens is 188 g/mol. The van der Waals surface area contributed by atoms with Gasteiger partial charge in [-0.25, -0.2) is 0 Å². The molecule has 0 radical (unpaired) electrons. The van der Waals surface area contributed by atoms with Crippen LogP contribution in [0.15, 0.2) is 12.7 Å². The molecule has 1 aliphatic heterocycles. The highest BCUT2D eigenvalue weighted by atomic mass is 16.8. The first kappa shape index (κ1) is 12.6. The van der Waals surface area contributed by atoms with Crippen LogP contribution >= 0.6 is 0 Å². The van der Waals surface area contributed by atoms with E-state index in [1.54, 1.807) is 6.08 Å². The summed E-state index contributed by atoms with van der Waals surface area (Å²) in [6.07, 6.45) is 1.05. The van der Waals surface area contributed by atoms with Crippen molar-refractivity contribution in [3.63, 3.8) is 0 Å². The molecule has 1 N–H and O–H groups in total. The first-order chi connectivity index (χ1) is 6.60. The Labute approximate surface area is 82.3 Å². The van der Waals surface area contributed by atoms with E-state index >= 15 is 0 Å². The molecule has 1 unspecified atom stereocenters. The normalized spacial score (nSPS) is 17.4. The summed E-state index contributed by atoms with van der Waals surface area (Å²) >= 11 is 0. The van der Waals surface area contributed by atoms with E-state index in [1.165, 1.54) is 0 Å². The monoisotopic (exact) mass is 202 g/mol. The molecule has 0 saturated carbocycles. The fourth-order valence-electron chi connectivity index (χ4n) is 0.522. The number of allylic oxidation sites excluding steroid dienone is 1. The van der Waals surface area contributed by atoms with Gasteiger partial charge in [0.1, 0.15) is 6.61 Å². The van der Waals surface area contributed by atoms with Crippen LogP contribution in [0.1, 0.15) is 19.8 Å². The number of epoxide rings is 1. The third kappa shape index (κ3) is 8.73. The smallest absolute Gasteiger partial charge is 0.308 e. The second kappa shape index (κ2) is 7.08. The maximum Gasteiger partial charge on any atom is 0.308 e. The lowest BCUT2D eigenvalue weighted by Gasteiger charge is -1.97. The second-order valence-electron chi connectivity index (χ2n) is 2.55. The van der Waals surface area contributed by atoms with Crippen molar-refractivity contribution < 1.29 is 24.2 Å². The summed E-state index contributed by atoms with van der Waals surface area (Å²) < 4.78 is 9.18. The Bertz CT molecular complexity index is 207. The van der Waals surface area contributed by atoms with Crippen molar-refractivity contribution >= 4 is 11.9 Å². The molecule has 0 aromatic rings. The SMILES string of the molecule is C=CC.O=C(O)CCC(=O)OC1CO1. The number of rotatable bonds is 4. The van der Waals surface area contributed by atoms with Crippen molar-refractivity contribution in [2.45, 2.75) is 26.1 Å². The zero-order chi connectivity index (χ0) is 11.0. The summed E-state index contributed by atoms with van der Waals surface area (Å²) in [5.41, 5.74) is 0. The maximum atomic E-state index is 10.6. The highest BCUT2D eigenvalue weighted by molar-refractivity contribution is 5.76. The molecule has 5 nitrogen and oxygen atoms in total. The lowest BCUT2D eigenvalue weighted by molar-refractivity contribution is -0.151. The topological polar surface area (TPSA) is 76.1 Å². The number of carboxylic acids is 1. The second-order valence-corrected chi connectivity index (χ2v) is 2.55. The first-order valence-electron chi connectivity index (χ1n) is 4.20. The molecule has 0 aromatic heterocycles. The van der Waals surface area contributed by atoms with E-state index < -0.39 is 18.2 Å². The van der Waals surface area contributed by atoms with Gasteiger partial charge in [-0.15, -0.1) is 6.58 Å². The molecule has 1 fully saturated rings. The Hall–Kier alpha value is -1.36. The fraction of sp³-hybridized carbons (Fsp3) is 0.556. The van der Waals surface area contributed by atoms with E-state index in [2.05, 4.69) is 16.1 Å². The molecule has 0 spiro atoms. The van der Waals surface area contributed by atoms with Crippen LogP contribution in [0.2, 0.25) is 0 Å². The molecule has 1 saturated heterocycles. The zero-order valence-corrected chi connectivity index (χ0v) is 8.06. The van der Waals surface area contributed by atoms with Gasteiger partial charge in [0.2, 0.25) is 6.29 Å². The Kier molecular flexibility index (Phi) is 6.39. The van der Waals surface area contributed by atoms with Crippen LogP contribution in [-0.4, -0.2) is 29.9 Å². The molecule has 1 aliphatic rings. The van der Waals surface area contributed by atoms with Crippen LogP contribution < -0.4 is 0 Å². The van der Waals surface area contributed by atoms with E-state index in [4.69, 9.17) is 5.11 Å². The summed E-state index contributed by atoms with van der Waals surface area (Å²) in [6, 6.07) is 0. The summed E-state index contributed by atoms with van der Waals surface area (Å²) in [7, 11) is 0. The van der Waals surface area contributed by atoms with Crippen molar-refractivity contribution in [3.05, 3.63) is 12.7 Å². The van der Waals surface area contributed by atoms with Gasteiger partial charge >= 0.3 is 11.9 Å². The molecule has 1 rings (SSSR count). The predicted molar refractivity (Wildman–Crippen MR) is 48.6 cm³/mol. The standard InChI is InChI=1S/C6H8O5.C3H6/c7-4(8)1-2-5(9)11-6-3-10-6;1-3-2/h6H,1-3H2,(H,7,8);3H,1H2,2H3. The van der Waals surface area contributed by atoms with Gasteiger partial charge < -0.3 is 14.6 Å². The van der Waals surface area contributed by atoms with Crippen LogP contribution in [0, 0.1) is 0 Å². The van der Waals surface area contributed by atoms with Gasteiger partial charge in [0.25, 0.3) is 0 Å². The minimum atomic E-state index is -1.00.